The summed E-state index contributed by atoms with van der Waals surface area (Å²) in [5.74, 6) is -0.522. The van der Waals surface area contributed by atoms with Gasteiger partial charge in [-0.15, -0.1) is 0 Å². The SMILES string of the molecule is COC(=O)CCN(C(=O)Cc1ccc(C)cc1)[C@H]1CCS(=O)(=O)C1. The number of nitrogens with zero attached hydrogens (tertiary/aromatic N) is 1. The van der Waals surface area contributed by atoms with E-state index < -0.39 is 15.8 Å². The molecule has 1 aliphatic rings. The number of esters is 1. The highest BCUT2D eigenvalue weighted by Gasteiger charge is 2.34. The van der Waals surface area contributed by atoms with Gasteiger partial charge in [0.2, 0.25) is 5.91 Å². The van der Waals surface area contributed by atoms with Crippen molar-refractivity contribution in [3.05, 3.63) is 35.4 Å². The average molecular weight is 353 g/mol. The third kappa shape index (κ3) is 5.06. The van der Waals surface area contributed by atoms with Crippen molar-refractivity contribution in [2.75, 3.05) is 25.2 Å². The Morgan fingerprint density at radius 2 is 1.92 bits per heavy atom. The quantitative estimate of drug-likeness (QED) is 0.716. The van der Waals surface area contributed by atoms with Crippen molar-refractivity contribution in [3.63, 3.8) is 0 Å². The van der Waals surface area contributed by atoms with E-state index in [1.807, 2.05) is 31.2 Å². The Morgan fingerprint density at radius 1 is 1.25 bits per heavy atom. The minimum Gasteiger partial charge on any atom is -0.469 e. The van der Waals surface area contributed by atoms with Crippen molar-refractivity contribution in [1.29, 1.82) is 0 Å². The highest BCUT2D eigenvalue weighted by Crippen LogP contribution is 2.19. The monoisotopic (exact) mass is 353 g/mol. The van der Waals surface area contributed by atoms with Crippen molar-refractivity contribution < 1.29 is 22.7 Å². The van der Waals surface area contributed by atoms with E-state index in [-0.39, 0.29) is 42.8 Å². The molecule has 0 saturated carbocycles. The number of amides is 1. The third-order valence-corrected chi connectivity index (χ3v) is 5.98. The van der Waals surface area contributed by atoms with E-state index >= 15 is 0 Å². The van der Waals surface area contributed by atoms with Gasteiger partial charge in [0, 0.05) is 12.6 Å². The van der Waals surface area contributed by atoms with Gasteiger partial charge in [0.25, 0.3) is 0 Å². The Balaban J connectivity index is 2.10. The van der Waals surface area contributed by atoms with Crippen LogP contribution in [0.3, 0.4) is 0 Å². The van der Waals surface area contributed by atoms with E-state index in [2.05, 4.69) is 4.74 Å². The Kier molecular flexibility index (Phi) is 5.99. The van der Waals surface area contributed by atoms with Crippen molar-refractivity contribution in [2.45, 2.75) is 32.2 Å². The molecule has 0 spiro atoms. The standard InChI is InChI=1S/C17H23NO5S/c1-13-3-5-14(6-4-13)11-16(19)18(9-7-17(20)23-2)15-8-10-24(21,22)12-15/h3-6,15H,7-12H2,1-2H3/t15-/m0/s1. The number of benzene rings is 1. The van der Waals surface area contributed by atoms with Crippen LogP contribution in [0.1, 0.15) is 24.0 Å². The minimum atomic E-state index is -3.11. The molecule has 1 atom stereocenters. The number of aryl methyl sites for hydroxylation is 1. The zero-order valence-electron chi connectivity index (χ0n) is 14.0. The van der Waals surface area contributed by atoms with Crippen LogP contribution in [0.15, 0.2) is 24.3 Å². The molecule has 0 aliphatic carbocycles. The van der Waals surface area contributed by atoms with Crippen molar-refractivity contribution >= 4 is 21.7 Å². The number of carbonyl (C=O) groups excluding carboxylic acids is 2. The molecule has 0 N–H and O–H groups in total. The van der Waals surface area contributed by atoms with Crippen molar-refractivity contribution in [3.8, 4) is 0 Å². The lowest BCUT2D eigenvalue weighted by Crippen LogP contribution is -2.43. The van der Waals surface area contributed by atoms with Crippen LogP contribution in [-0.2, 0) is 30.6 Å². The summed E-state index contributed by atoms with van der Waals surface area (Å²) in [4.78, 5) is 25.6. The molecular formula is C17H23NO5S. The number of rotatable bonds is 6. The molecule has 1 aliphatic heterocycles. The number of hydrogen-bond acceptors (Lipinski definition) is 5. The zero-order valence-corrected chi connectivity index (χ0v) is 14.8. The van der Waals surface area contributed by atoms with E-state index in [1.54, 1.807) is 0 Å². The molecule has 132 valence electrons. The molecule has 1 heterocycles. The van der Waals surface area contributed by atoms with Crippen LogP contribution < -0.4 is 0 Å². The van der Waals surface area contributed by atoms with Crippen molar-refractivity contribution in [1.82, 2.24) is 4.90 Å². The molecule has 7 heteroatoms. The van der Waals surface area contributed by atoms with Gasteiger partial charge >= 0.3 is 5.97 Å². The van der Waals surface area contributed by atoms with Crippen LogP contribution in [0.2, 0.25) is 0 Å². The second-order valence-corrected chi connectivity index (χ2v) is 8.36. The molecule has 6 nitrogen and oxygen atoms in total. The molecule has 0 aromatic heterocycles. The van der Waals surface area contributed by atoms with Crippen LogP contribution >= 0.6 is 0 Å². The maximum absolute atomic E-state index is 12.7. The first-order valence-electron chi connectivity index (χ1n) is 7.93. The van der Waals surface area contributed by atoms with Gasteiger partial charge in [0.15, 0.2) is 9.84 Å². The highest BCUT2D eigenvalue weighted by molar-refractivity contribution is 7.91. The second kappa shape index (κ2) is 7.79. The molecule has 1 aromatic carbocycles. The van der Waals surface area contributed by atoms with Gasteiger partial charge in [-0.2, -0.15) is 0 Å². The largest absolute Gasteiger partial charge is 0.469 e. The molecule has 0 bridgehead atoms. The summed E-state index contributed by atoms with van der Waals surface area (Å²) in [6, 6.07) is 7.27. The normalized spacial score (nSPS) is 19.0. The first-order valence-corrected chi connectivity index (χ1v) is 9.75. The lowest BCUT2D eigenvalue weighted by atomic mass is 10.1. The van der Waals surface area contributed by atoms with Gasteiger partial charge < -0.3 is 9.64 Å². The summed E-state index contributed by atoms with van der Waals surface area (Å²) in [5, 5.41) is 0. The maximum Gasteiger partial charge on any atom is 0.307 e. The van der Waals surface area contributed by atoms with Crippen LogP contribution in [-0.4, -0.2) is 56.4 Å². The van der Waals surface area contributed by atoms with Gasteiger partial charge in [0.1, 0.15) is 0 Å². The van der Waals surface area contributed by atoms with Gasteiger partial charge in [-0.25, -0.2) is 8.42 Å². The van der Waals surface area contributed by atoms with Crippen LogP contribution in [0, 0.1) is 6.92 Å². The molecular weight excluding hydrogens is 330 g/mol. The molecule has 1 saturated heterocycles. The number of ether oxygens (including phenoxy) is 1. The van der Waals surface area contributed by atoms with Gasteiger partial charge in [-0.1, -0.05) is 29.8 Å². The number of methoxy groups -OCH3 is 1. The number of carbonyl (C=O) groups is 2. The second-order valence-electron chi connectivity index (χ2n) is 6.13. The van der Waals surface area contributed by atoms with E-state index in [4.69, 9.17) is 0 Å². The smallest absolute Gasteiger partial charge is 0.307 e. The summed E-state index contributed by atoms with van der Waals surface area (Å²) >= 11 is 0. The number of sulfone groups is 1. The van der Waals surface area contributed by atoms with Crippen LogP contribution in [0.5, 0.6) is 0 Å². The number of hydrogen-bond donors (Lipinski definition) is 0. The van der Waals surface area contributed by atoms with Crippen LogP contribution in [0.4, 0.5) is 0 Å². The summed E-state index contributed by atoms with van der Waals surface area (Å²) in [5.41, 5.74) is 1.98. The van der Waals surface area contributed by atoms with Gasteiger partial charge in [0.05, 0.1) is 31.5 Å². The Labute approximate surface area is 142 Å². The predicted molar refractivity (Wildman–Crippen MR) is 90.3 cm³/mol. The molecule has 0 unspecified atom stereocenters. The zero-order chi connectivity index (χ0) is 17.7. The Hall–Kier alpha value is -1.89. The fourth-order valence-corrected chi connectivity index (χ4v) is 4.56. The van der Waals surface area contributed by atoms with Crippen LogP contribution in [0.25, 0.3) is 0 Å². The van der Waals surface area contributed by atoms with E-state index in [9.17, 15) is 18.0 Å². The fourth-order valence-electron chi connectivity index (χ4n) is 2.83. The minimum absolute atomic E-state index is 0.0339. The highest BCUT2D eigenvalue weighted by atomic mass is 32.2. The lowest BCUT2D eigenvalue weighted by Gasteiger charge is -2.28. The van der Waals surface area contributed by atoms with E-state index in [0.717, 1.165) is 11.1 Å². The topological polar surface area (TPSA) is 80.8 Å². The molecule has 1 amide bonds. The molecule has 2 rings (SSSR count). The summed E-state index contributed by atoms with van der Waals surface area (Å²) in [6.45, 7) is 2.15. The van der Waals surface area contributed by atoms with E-state index in [1.165, 1.54) is 12.0 Å². The Morgan fingerprint density at radius 3 is 2.46 bits per heavy atom. The predicted octanol–water partition coefficient (Wildman–Crippen LogP) is 1.12. The molecule has 1 aromatic rings. The van der Waals surface area contributed by atoms with Gasteiger partial charge in [-0.3, -0.25) is 9.59 Å². The summed E-state index contributed by atoms with van der Waals surface area (Å²) < 4.78 is 28.1. The fraction of sp³-hybridized carbons (Fsp3) is 0.529. The first kappa shape index (κ1) is 18.4. The first-order chi connectivity index (χ1) is 11.3. The third-order valence-electron chi connectivity index (χ3n) is 4.23. The van der Waals surface area contributed by atoms with Crippen molar-refractivity contribution in [2.24, 2.45) is 0 Å². The maximum atomic E-state index is 12.7. The molecule has 0 radical (unpaired) electrons. The summed E-state index contributed by atoms with van der Waals surface area (Å²) in [6.07, 6.45) is 0.674. The lowest BCUT2D eigenvalue weighted by molar-refractivity contribution is -0.142. The molecule has 1 fully saturated rings. The van der Waals surface area contributed by atoms with Gasteiger partial charge in [-0.05, 0) is 18.9 Å². The average Bonchev–Trinajstić information content (AvgIpc) is 2.89. The molecule has 24 heavy (non-hydrogen) atoms. The Bertz CT molecular complexity index is 696. The summed E-state index contributed by atoms with van der Waals surface area (Å²) in [7, 11) is -1.81. The van der Waals surface area contributed by atoms with E-state index in [0.29, 0.717) is 6.42 Å².